The van der Waals surface area contributed by atoms with Crippen LogP contribution < -0.4 is 15.8 Å². The van der Waals surface area contributed by atoms with Gasteiger partial charge < -0.3 is 20.7 Å². The molecule has 0 aromatic heterocycles. The first-order chi connectivity index (χ1) is 13.0. The van der Waals surface area contributed by atoms with Crippen molar-refractivity contribution >= 4 is 34.8 Å². The predicted octanol–water partition coefficient (Wildman–Crippen LogP) is 3.85. The van der Waals surface area contributed by atoms with E-state index in [4.69, 9.17) is 33.7 Å². The molecular formula is C20H23Cl2N3O2. The zero-order valence-corrected chi connectivity index (χ0v) is 16.5. The van der Waals surface area contributed by atoms with Crippen molar-refractivity contribution in [2.45, 2.75) is 18.9 Å². The van der Waals surface area contributed by atoms with Gasteiger partial charge in [0, 0.05) is 37.9 Å². The number of piperidine rings is 1. The highest BCUT2D eigenvalue weighted by molar-refractivity contribution is 6.42. The van der Waals surface area contributed by atoms with Crippen LogP contribution in [0.15, 0.2) is 42.5 Å². The van der Waals surface area contributed by atoms with Crippen LogP contribution in [0.5, 0.6) is 5.75 Å². The minimum atomic E-state index is -0.133. The van der Waals surface area contributed by atoms with E-state index >= 15 is 0 Å². The molecule has 1 amide bonds. The summed E-state index contributed by atoms with van der Waals surface area (Å²) in [5.41, 5.74) is 6.85. The van der Waals surface area contributed by atoms with Gasteiger partial charge in [-0.3, -0.25) is 4.79 Å². The van der Waals surface area contributed by atoms with E-state index < -0.39 is 0 Å². The molecule has 0 atom stereocenters. The second kappa shape index (κ2) is 9.31. The lowest BCUT2D eigenvalue weighted by Crippen LogP contribution is -2.42. The number of benzene rings is 2. The number of nitrogen functional groups attached to an aromatic ring is 1. The average Bonchev–Trinajstić information content (AvgIpc) is 2.66. The molecule has 7 heteroatoms. The van der Waals surface area contributed by atoms with Crippen LogP contribution in [-0.4, -0.2) is 43.1 Å². The molecule has 0 saturated carbocycles. The maximum absolute atomic E-state index is 12.2. The van der Waals surface area contributed by atoms with E-state index in [1.807, 2.05) is 18.2 Å². The van der Waals surface area contributed by atoms with Crippen LogP contribution >= 0.6 is 23.2 Å². The number of hydrogen-bond donors (Lipinski definition) is 2. The number of carbonyl (C=O) groups is 1. The summed E-state index contributed by atoms with van der Waals surface area (Å²) in [6.07, 6.45) is 2.02. The molecule has 27 heavy (non-hydrogen) atoms. The lowest BCUT2D eigenvalue weighted by Gasteiger charge is -2.32. The Kier molecular flexibility index (Phi) is 6.83. The number of nitrogens with zero attached hydrogens (tertiary/aromatic N) is 1. The van der Waals surface area contributed by atoms with E-state index in [0.717, 1.165) is 38.2 Å². The normalized spacial score (nSPS) is 15.5. The second-order valence-electron chi connectivity index (χ2n) is 6.58. The first-order valence-corrected chi connectivity index (χ1v) is 9.75. The fourth-order valence-electron chi connectivity index (χ4n) is 3.12. The number of nitrogens with two attached hydrogens (primary N) is 1. The Labute approximate surface area is 169 Å². The van der Waals surface area contributed by atoms with Gasteiger partial charge >= 0.3 is 0 Å². The standard InChI is InChI=1S/C20H23Cl2N3O2/c21-17-6-5-15(13-18(17)22)27-14-7-10-25(11-8-14)12-9-24-20(26)16-3-1-2-4-19(16)23/h1-6,13-14H,7-12,23H2,(H,24,26). The highest BCUT2D eigenvalue weighted by Gasteiger charge is 2.20. The summed E-state index contributed by atoms with van der Waals surface area (Å²) in [5, 5.41) is 3.96. The molecule has 3 N–H and O–H groups in total. The second-order valence-corrected chi connectivity index (χ2v) is 7.39. The molecule has 0 radical (unpaired) electrons. The maximum atomic E-state index is 12.2. The van der Waals surface area contributed by atoms with Gasteiger partial charge in [0.05, 0.1) is 15.6 Å². The molecular weight excluding hydrogens is 385 g/mol. The fourth-order valence-corrected chi connectivity index (χ4v) is 3.41. The molecule has 0 bridgehead atoms. The molecule has 3 rings (SSSR count). The van der Waals surface area contributed by atoms with E-state index in [9.17, 15) is 4.79 Å². The number of hydrogen-bond acceptors (Lipinski definition) is 4. The van der Waals surface area contributed by atoms with Crippen molar-refractivity contribution in [3.63, 3.8) is 0 Å². The van der Waals surface area contributed by atoms with Crippen molar-refractivity contribution in [1.82, 2.24) is 10.2 Å². The maximum Gasteiger partial charge on any atom is 0.253 e. The quantitative estimate of drug-likeness (QED) is 0.713. The monoisotopic (exact) mass is 407 g/mol. The van der Waals surface area contributed by atoms with E-state index in [2.05, 4.69) is 10.2 Å². The van der Waals surface area contributed by atoms with Crippen molar-refractivity contribution in [1.29, 1.82) is 0 Å². The van der Waals surface area contributed by atoms with Crippen LogP contribution in [-0.2, 0) is 0 Å². The van der Waals surface area contributed by atoms with Crippen molar-refractivity contribution in [2.24, 2.45) is 0 Å². The molecule has 1 fully saturated rings. The van der Waals surface area contributed by atoms with Crippen molar-refractivity contribution < 1.29 is 9.53 Å². The Morgan fingerprint density at radius 3 is 2.59 bits per heavy atom. The number of anilines is 1. The summed E-state index contributed by atoms with van der Waals surface area (Å²) in [6.45, 7) is 3.24. The Morgan fingerprint density at radius 1 is 1.15 bits per heavy atom. The molecule has 5 nitrogen and oxygen atoms in total. The first kappa shape index (κ1) is 19.8. The molecule has 1 aliphatic rings. The summed E-state index contributed by atoms with van der Waals surface area (Å²) in [7, 11) is 0. The van der Waals surface area contributed by atoms with Gasteiger partial charge in [-0.2, -0.15) is 0 Å². The molecule has 2 aromatic carbocycles. The number of likely N-dealkylation sites (tertiary alicyclic amines) is 1. The van der Waals surface area contributed by atoms with Gasteiger partial charge in [0.1, 0.15) is 11.9 Å². The number of ether oxygens (including phenoxy) is 1. The lowest BCUT2D eigenvalue weighted by atomic mass is 10.1. The number of nitrogens with one attached hydrogen (secondary N) is 1. The number of rotatable bonds is 6. The van der Waals surface area contributed by atoms with Crippen LogP contribution in [0.25, 0.3) is 0 Å². The fraction of sp³-hybridized carbons (Fsp3) is 0.350. The van der Waals surface area contributed by atoms with E-state index in [-0.39, 0.29) is 12.0 Å². The summed E-state index contributed by atoms with van der Waals surface area (Å²) >= 11 is 12.0. The largest absolute Gasteiger partial charge is 0.490 e. The Hall–Kier alpha value is -1.95. The number of para-hydroxylation sites is 1. The molecule has 1 aliphatic heterocycles. The van der Waals surface area contributed by atoms with Gasteiger partial charge in [-0.05, 0) is 37.1 Å². The van der Waals surface area contributed by atoms with Gasteiger partial charge in [0.25, 0.3) is 5.91 Å². The van der Waals surface area contributed by atoms with Gasteiger partial charge in [0.15, 0.2) is 0 Å². The molecule has 0 unspecified atom stereocenters. The average molecular weight is 408 g/mol. The molecule has 2 aromatic rings. The van der Waals surface area contributed by atoms with Gasteiger partial charge in [-0.25, -0.2) is 0 Å². The van der Waals surface area contributed by atoms with Crippen LogP contribution in [0.4, 0.5) is 5.69 Å². The van der Waals surface area contributed by atoms with Crippen LogP contribution in [0, 0.1) is 0 Å². The third-order valence-electron chi connectivity index (χ3n) is 4.65. The zero-order chi connectivity index (χ0) is 19.2. The van der Waals surface area contributed by atoms with Crippen molar-refractivity contribution in [3.8, 4) is 5.75 Å². The Balaban J connectivity index is 1.39. The molecule has 1 saturated heterocycles. The molecule has 0 aliphatic carbocycles. The number of carbonyl (C=O) groups excluding carboxylic acids is 1. The minimum absolute atomic E-state index is 0.133. The Bertz CT molecular complexity index is 793. The van der Waals surface area contributed by atoms with E-state index in [1.165, 1.54) is 0 Å². The third-order valence-corrected chi connectivity index (χ3v) is 5.39. The van der Waals surface area contributed by atoms with Gasteiger partial charge in [-0.1, -0.05) is 35.3 Å². The Morgan fingerprint density at radius 2 is 1.89 bits per heavy atom. The molecule has 1 heterocycles. The predicted molar refractivity (Wildman–Crippen MR) is 110 cm³/mol. The summed E-state index contributed by atoms with van der Waals surface area (Å²) in [5.74, 6) is 0.612. The SMILES string of the molecule is Nc1ccccc1C(=O)NCCN1CCC(Oc2ccc(Cl)c(Cl)c2)CC1. The van der Waals surface area contributed by atoms with Crippen LogP contribution in [0.3, 0.4) is 0 Å². The third kappa shape index (κ3) is 5.51. The summed E-state index contributed by atoms with van der Waals surface area (Å²) in [4.78, 5) is 14.5. The van der Waals surface area contributed by atoms with Gasteiger partial charge in [0.2, 0.25) is 0 Å². The zero-order valence-electron chi connectivity index (χ0n) is 15.0. The highest BCUT2D eigenvalue weighted by Crippen LogP contribution is 2.28. The summed E-state index contributed by atoms with van der Waals surface area (Å²) in [6, 6.07) is 12.4. The highest BCUT2D eigenvalue weighted by atomic mass is 35.5. The topological polar surface area (TPSA) is 67.6 Å². The first-order valence-electron chi connectivity index (χ1n) is 8.99. The summed E-state index contributed by atoms with van der Waals surface area (Å²) < 4.78 is 6.00. The van der Waals surface area contributed by atoms with E-state index in [1.54, 1.807) is 24.3 Å². The van der Waals surface area contributed by atoms with Crippen molar-refractivity contribution in [2.75, 3.05) is 31.9 Å². The lowest BCUT2D eigenvalue weighted by molar-refractivity contribution is 0.0906. The minimum Gasteiger partial charge on any atom is -0.490 e. The number of amides is 1. The van der Waals surface area contributed by atoms with Crippen LogP contribution in [0.1, 0.15) is 23.2 Å². The van der Waals surface area contributed by atoms with Gasteiger partial charge in [-0.15, -0.1) is 0 Å². The number of halogens is 2. The molecule has 0 spiro atoms. The van der Waals surface area contributed by atoms with Crippen LogP contribution in [0.2, 0.25) is 10.0 Å². The molecule has 144 valence electrons. The smallest absolute Gasteiger partial charge is 0.253 e. The van der Waals surface area contributed by atoms with E-state index in [0.29, 0.717) is 27.8 Å². The van der Waals surface area contributed by atoms with Crippen molar-refractivity contribution in [3.05, 3.63) is 58.1 Å².